The molecule has 0 fully saturated rings. The Morgan fingerprint density at radius 2 is 0.967 bits per heavy atom. The molecular formula is C20H28N2O8. The van der Waals surface area contributed by atoms with E-state index in [4.69, 9.17) is 18.9 Å². The van der Waals surface area contributed by atoms with Crippen molar-refractivity contribution in [3.63, 3.8) is 0 Å². The normalized spacial score (nSPS) is 10.3. The Bertz CT molecular complexity index is 644. The van der Waals surface area contributed by atoms with Crippen molar-refractivity contribution < 1.29 is 38.1 Å². The van der Waals surface area contributed by atoms with Crippen LogP contribution in [0.3, 0.4) is 0 Å². The van der Waals surface area contributed by atoms with Crippen LogP contribution in [0, 0.1) is 0 Å². The SMILES string of the molecule is CCOC(=O)C(Nc1cccc(NC(C(=O)OCC)C(=O)OCC)c1)C(=O)OCC. The van der Waals surface area contributed by atoms with E-state index in [0.29, 0.717) is 11.4 Å². The van der Waals surface area contributed by atoms with Gasteiger partial charge in [0.25, 0.3) is 0 Å². The molecule has 0 unspecified atom stereocenters. The largest absolute Gasteiger partial charge is 0.464 e. The number of carbonyl (C=O) groups excluding carboxylic acids is 4. The van der Waals surface area contributed by atoms with Gasteiger partial charge in [-0.3, -0.25) is 0 Å². The fourth-order valence-electron chi connectivity index (χ4n) is 2.36. The zero-order valence-corrected chi connectivity index (χ0v) is 17.6. The van der Waals surface area contributed by atoms with Crippen LogP contribution in [0.1, 0.15) is 27.7 Å². The molecule has 0 heterocycles. The van der Waals surface area contributed by atoms with E-state index < -0.39 is 36.0 Å². The summed E-state index contributed by atoms with van der Waals surface area (Å²) < 4.78 is 19.7. The molecule has 166 valence electrons. The third-order valence-corrected chi connectivity index (χ3v) is 3.57. The average Bonchev–Trinajstić information content (AvgIpc) is 2.71. The molecule has 0 saturated heterocycles. The van der Waals surface area contributed by atoms with Crippen molar-refractivity contribution >= 4 is 35.3 Å². The lowest BCUT2D eigenvalue weighted by Crippen LogP contribution is -2.41. The molecular weight excluding hydrogens is 396 g/mol. The minimum absolute atomic E-state index is 0.0960. The maximum atomic E-state index is 12.1. The first-order valence-corrected chi connectivity index (χ1v) is 9.67. The van der Waals surface area contributed by atoms with Gasteiger partial charge in [-0.25, -0.2) is 19.2 Å². The van der Waals surface area contributed by atoms with Gasteiger partial charge in [0.1, 0.15) is 0 Å². The van der Waals surface area contributed by atoms with Crippen molar-refractivity contribution in [1.82, 2.24) is 0 Å². The summed E-state index contributed by atoms with van der Waals surface area (Å²) in [6.45, 7) is 6.87. The van der Waals surface area contributed by atoms with E-state index in [1.54, 1.807) is 45.9 Å². The number of ether oxygens (including phenoxy) is 4. The fourth-order valence-corrected chi connectivity index (χ4v) is 2.36. The predicted octanol–water partition coefficient (Wildman–Crippen LogP) is 1.50. The zero-order valence-electron chi connectivity index (χ0n) is 17.6. The monoisotopic (exact) mass is 424 g/mol. The molecule has 10 nitrogen and oxygen atoms in total. The van der Waals surface area contributed by atoms with Crippen LogP contribution in [0.5, 0.6) is 0 Å². The molecule has 0 saturated carbocycles. The fraction of sp³-hybridized carbons (Fsp3) is 0.500. The number of anilines is 2. The molecule has 10 heteroatoms. The van der Waals surface area contributed by atoms with Crippen LogP contribution in [0.2, 0.25) is 0 Å². The quantitative estimate of drug-likeness (QED) is 0.289. The summed E-state index contributed by atoms with van der Waals surface area (Å²) in [5, 5.41) is 5.50. The number of rotatable bonds is 12. The van der Waals surface area contributed by atoms with E-state index >= 15 is 0 Å². The number of carbonyl (C=O) groups is 4. The number of hydrogen-bond donors (Lipinski definition) is 2. The summed E-state index contributed by atoms with van der Waals surface area (Å²) in [4.78, 5) is 48.5. The molecule has 0 spiro atoms. The lowest BCUT2D eigenvalue weighted by atomic mass is 10.2. The lowest BCUT2D eigenvalue weighted by Gasteiger charge is -2.19. The molecule has 2 N–H and O–H groups in total. The van der Waals surface area contributed by atoms with Crippen molar-refractivity contribution in [2.45, 2.75) is 39.8 Å². The second-order valence-electron chi connectivity index (χ2n) is 5.74. The van der Waals surface area contributed by atoms with Gasteiger partial charge in [-0.2, -0.15) is 0 Å². The summed E-state index contributed by atoms with van der Waals surface area (Å²) >= 11 is 0. The minimum Gasteiger partial charge on any atom is -0.464 e. The number of nitrogens with one attached hydrogen (secondary N) is 2. The number of esters is 4. The summed E-state index contributed by atoms with van der Waals surface area (Å²) in [5.74, 6) is -3.15. The van der Waals surface area contributed by atoms with Crippen molar-refractivity contribution in [3.05, 3.63) is 24.3 Å². The first-order chi connectivity index (χ1) is 14.4. The Kier molecular flexibility index (Phi) is 10.7. The highest BCUT2D eigenvalue weighted by Gasteiger charge is 2.31. The molecule has 0 aromatic heterocycles. The van der Waals surface area contributed by atoms with Gasteiger partial charge in [0.15, 0.2) is 0 Å². The van der Waals surface area contributed by atoms with Crippen LogP contribution in [0.4, 0.5) is 11.4 Å². The van der Waals surface area contributed by atoms with Crippen molar-refractivity contribution in [2.75, 3.05) is 37.1 Å². The Hall–Kier alpha value is -3.30. The Morgan fingerprint density at radius 3 is 1.23 bits per heavy atom. The van der Waals surface area contributed by atoms with Gasteiger partial charge in [0, 0.05) is 11.4 Å². The smallest absolute Gasteiger partial charge is 0.340 e. The van der Waals surface area contributed by atoms with Crippen LogP contribution in [-0.2, 0) is 38.1 Å². The van der Waals surface area contributed by atoms with Crippen LogP contribution in [-0.4, -0.2) is 62.4 Å². The lowest BCUT2D eigenvalue weighted by molar-refractivity contribution is -0.157. The van der Waals surface area contributed by atoms with E-state index in [1.165, 1.54) is 6.07 Å². The van der Waals surface area contributed by atoms with Gasteiger partial charge in [0.05, 0.1) is 26.4 Å². The van der Waals surface area contributed by atoms with E-state index in [0.717, 1.165) is 0 Å². The first kappa shape index (κ1) is 24.7. The topological polar surface area (TPSA) is 129 Å². The van der Waals surface area contributed by atoms with E-state index in [2.05, 4.69) is 10.6 Å². The number of benzene rings is 1. The van der Waals surface area contributed by atoms with E-state index in [-0.39, 0.29) is 26.4 Å². The van der Waals surface area contributed by atoms with E-state index in [9.17, 15) is 19.2 Å². The van der Waals surface area contributed by atoms with Crippen LogP contribution >= 0.6 is 0 Å². The zero-order chi connectivity index (χ0) is 22.5. The van der Waals surface area contributed by atoms with Gasteiger partial charge in [-0.15, -0.1) is 0 Å². The maximum absolute atomic E-state index is 12.1. The van der Waals surface area contributed by atoms with Crippen molar-refractivity contribution in [2.24, 2.45) is 0 Å². The number of hydrogen-bond acceptors (Lipinski definition) is 10. The standard InChI is InChI=1S/C20H28N2O8/c1-5-27-17(23)15(18(24)28-6-2)21-13-10-9-11-14(12-13)22-16(19(25)29-7-3)20(26)30-8-4/h9-12,15-16,21-22H,5-8H2,1-4H3. The van der Waals surface area contributed by atoms with Crippen LogP contribution in [0.25, 0.3) is 0 Å². The highest BCUT2D eigenvalue weighted by atomic mass is 16.6. The van der Waals surface area contributed by atoms with Gasteiger partial charge in [0.2, 0.25) is 12.1 Å². The molecule has 30 heavy (non-hydrogen) atoms. The molecule has 1 rings (SSSR count). The van der Waals surface area contributed by atoms with Crippen LogP contribution in [0.15, 0.2) is 24.3 Å². The van der Waals surface area contributed by atoms with Crippen molar-refractivity contribution in [3.8, 4) is 0 Å². The highest BCUT2D eigenvalue weighted by Crippen LogP contribution is 2.18. The van der Waals surface area contributed by atoms with Gasteiger partial charge >= 0.3 is 23.9 Å². The molecule has 0 aliphatic rings. The summed E-state index contributed by atoms with van der Waals surface area (Å²) in [6.07, 6.45) is 0. The first-order valence-electron chi connectivity index (χ1n) is 9.67. The summed E-state index contributed by atoms with van der Waals surface area (Å²) in [7, 11) is 0. The van der Waals surface area contributed by atoms with Crippen molar-refractivity contribution in [1.29, 1.82) is 0 Å². The second-order valence-corrected chi connectivity index (χ2v) is 5.74. The minimum atomic E-state index is -1.37. The summed E-state index contributed by atoms with van der Waals surface area (Å²) in [6, 6.07) is 3.57. The van der Waals surface area contributed by atoms with Crippen LogP contribution < -0.4 is 10.6 Å². The van der Waals surface area contributed by atoms with Gasteiger partial charge in [-0.1, -0.05) is 6.07 Å². The molecule has 0 aliphatic carbocycles. The van der Waals surface area contributed by atoms with Gasteiger partial charge in [-0.05, 0) is 45.9 Å². The Morgan fingerprint density at radius 1 is 0.667 bits per heavy atom. The second kappa shape index (κ2) is 13.0. The molecule has 0 aliphatic heterocycles. The molecule has 0 atom stereocenters. The molecule has 0 radical (unpaired) electrons. The molecule has 1 aromatic rings. The van der Waals surface area contributed by atoms with E-state index in [1.807, 2.05) is 0 Å². The third-order valence-electron chi connectivity index (χ3n) is 3.57. The molecule has 0 amide bonds. The molecule has 0 bridgehead atoms. The molecule has 1 aromatic carbocycles. The third kappa shape index (κ3) is 7.61. The summed E-state index contributed by atoms with van der Waals surface area (Å²) in [5.41, 5.74) is 0.718. The predicted molar refractivity (Wildman–Crippen MR) is 108 cm³/mol. The average molecular weight is 424 g/mol. The Balaban J connectivity index is 3.05. The highest BCUT2D eigenvalue weighted by molar-refractivity contribution is 6.03. The van der Waals surface area contributed by atoms with Gasteiger partial charge < -0.3 is 29.6 Å². The maximum Gasteiger partial charge on any atom is 0.340 e. The Labute approximate surface area is 175 Å².